The van der Waals surface area contributed by atoms with Gasteiger partial charge in [0.15, 0.2) is 0 Å². The Labute approximate surface area is 127 Å². The summed E-state index contributed by atoms with van der Waals surface area (Å²) in [6.07, 6.45) is 1.70. The molecule has 21 heavy (non-hydrogen) atoms. The van der Waals surface area contributed by atoms with Crippen LogP contribution in [0, 0.1) is 5.92 Å². The summed E-state index contributed by atoms with van der Waals surface area (Å²) < 4.78 is 34.3. The van der Waals surface area contributed by atoms with Crippen molar-refractivity contribution in [2.45, 2.75) is 38.3 Å². The van der Waals surface area contributed by atoms with Crippen LogP contribution in [0.3, 0.4) is 0 Å². The van der Waals surface area contributed by atoms with Gasteiger partial charge in [-0.05, 0) is 32.9 Å². The lowest BCUT2D eigenvalue weighted by Crippen LogP contribution is -2.29. The number of hydrogen-bond acceptors (Lipinski definition) is 4. The van der Waals surface area contributed by atoms with Crippen molar-refractivity contribution in [3.63, 3.8) is 0 Å². The molecule has 7 heteroatoms. The molecule has 0 saturated heterocycles. The average Bonchev–Trinajstić information content (AvgIpc) is 2.82. The molecular weight excluding hydrogens is 290 g/mol. The number of methoxy groups -OCH3 is 1. The van der Waals surface area contributed by atoms with Crippen molar-refractivity contribution in [3.8, 4) is 0 Å². The maximum atomic E-state index is 12.3. The third-order valence-electron chi connectivity index (χ3n) is 3.20. The molecule has 1 atom stereocenters. The van der Waals surface area contributed by atoms with E-state index in [-0.39, 0.29) is 12.0 Å². The van der Waals surface area contributed by atoms with Gasteiger partial charge in [-0.2, -0.15) is 0 Å². The standard InChI is InChI=1S/C14H27N3O3S/c1-11(2)17-9-14(6-13(17)8-15-4)21(18,19)16-7-12(3)10-20-5/h6,9,11-12,15-16H,7-8,10H2,1-5H3. The van der Waals surface area contributed by atoms with E-state index < -0.39 is 10.0 Å². The van der Waals surface area contributed by atoms with Gasteiger partial charge in [-0.3, -0.25) is 0 Å². The smallest absolute Gasteiger partial charge is 0.242 e. The van der Waals surface area contributed by atoms with Crippen LogP contribution in [0.1, 0.15) is 32.5 Å². The zero-order valence-corrected chi connectivity index (χ0v) is 14.3. The summed E-state index contributed by atoms with van der Waals surface area (Å²) in [7, 11) is -0.0287. The number of rotatable bonds is 9. The van der Waals surface area contributed by atoms with Gasteiger partial charge < -0.3 is 14.6 Å². The molecule has 0 aromatic carbocycles. The Kier molecular flexibility index (Phi) is 6.86. The highest BCUT2D eigenvalue weighted by molar-refractivity contribution is 7.89. The summed E-state index contributed by atoms with van der Waals surface area (Å²) in [6.45, 7) is 7.53. The molecule has 1 unspecified atom stereocenters. The molecule has 1 heterocycles. The lowest BCUT2D eigenvalue weighted by Gasteiger charge is -2.12. The third kappa shape index (κ3) is 5.10. The second kappa shape index (κ2) is 7.93. The van der Waals surface area contributed by atoms with Crippen molar-refractivity contribution in [2.75, 3.05) is 27.3 Å². The molecule has 0 bridgehead atoms. The summed E-state index contributed by atoms with van der Waals surface area (Å²) in [5.41, 5.74) is 0.956. The van der Waals surface area contributed by atoms with Crippen LogP contribution < -0.4 is 10.0 Å². The third-order valence-corrected chi connectivity index (χ3v) is 4.59. The van der Waals surface area contributed by atoms with Crippen molar-refractivity contribution in [1.82, 2.24) is 14.6 Å². The monoisotopic (exact) mass is 317 g/mol. The zero-order chi connectivity index (χ0) is 16.0. The second-order valence-corrected chi connectivity index (χ2v) is 7.38. The lowest BCUT2D eigenvalue weighted by atomic mass is 10.2. The van der Waals surface area contributed by atoms with E-state index in [2.05, 4.69) is 10.0 Å². The molecule has 0 saturated carbocycles. The van der Waals surface area contributed by atoms with Crippen LogP contribution in [0.5, 0.6) is 0 Å². The molecule has 0 aliphatic rings. The van der Waals surface area contributed by atoms with E-state index in [0.29, 0.717) is 24.6 Å². The average molecular weight is 317 g/mol. The first kappa shape index (κ1) is 18.2. The Hall–Kier alpha value is -0.890. The Morgan fingerprint density at radius 3 is 2.52 bits per heavy atom. The molecule has 6 nitrogen and oxygen atoms in total. The largest absolute Gasteiger partial charge is 0.384 e. The summed E-state index contributed by atoms with van der Waals surface area (Å²) in [5, 5.41) is 3.06. The normalized spacial score (nSPS) is 13.8. The minimum absolute atomic E-state index is 0.133. The van der Waals surface area contributed by atoms with E-state index in [1.807, 2.05) is 32.4 Å². The SMILES string of the molecule is CNCc1cc(S(=O)(=O)NCC(C)COC)cn1C(C)C. The predicted molar refractivity (Wildman–Crippen MR) is 83.8 cm³/mol. The fraction of sp³-hybridized carbons (Fsp3) is 0.714. The molecule has 2 N–H and O–H groups in total. The first-order valence-corrected chi connectivity index (χ1v) is 8.64. The van der Waals surface area contributed by atoms with E-state index in [0.717, 1.165) is 5.69 Å². The topological polar surface area (TPSA) is 72.4 Å². The maximum Gasteiger partial charge on any atom is 0.242 e. The fourth-order valence-corrected chi connectivity index (χ4v) is 3.34. The van der Waals surface area contributed by atoms with Crippen LogP contribution in [0.25, 0.3) is 0 Å². The molecule has 0 amide bonds. The van der Waals surface area contributed by atoms with Gasteiger partial charge in [0, 0.05) is 44.7 Å². The zero-order valence-electron chi connectivity index (χ0n) is 13.5. The van der Waals surface area contributed by atoms with Crippen LogP contribution in [0.15, 0.2) is 17.2 Å². The maximum absolute atomic E-state index is 12.3. The van der Waals surface area contributed by atoms with Crippen LogP contribution in [0.2, 0.25) is 0 Å². The highest BCUT2D eigenvalue weighted by Crippen LogP contribution is 2.19. The van der Waals surface area contributed by atoms with E-state index in [1.54, 1.807) is 19.4 Å². The first-order chi connectivity index (χ1) is 9.81. The quantitative estimate of drug-likeness (QED) is 0.721. The number of sulfonamides is 1. The van der Waals surface area contributed by atoms with Crippen molar-refractivity contribution < 1.29 is 13.2 Å². The summed E-state index contributed by atoms with van der Waals surface area (Å²) >= 11 is 0. The second-order valence-electron chi connectivity index (χ2n) is 5.61. The van der Waals surface area contributed by atoms with Gasteiger partial charge >= 0.3 is 0 Å². The predicted octanol–water partition coefficient (Wildman–Crippen LogP) is 1.35. The summed E-state index contributed by atoms with van der Waals surface area (Å²) in [6, 6.07) is 1.93. The van der Waals surface area contributed by atoms with Gasteiger partial charge in [0.25, 0.3) is 0 Å². The minimum Gasteiger partial charge on any atom is -0.384 e. The molecule has 0 fully saturated rings. The Morgan fingerprint density at radius 1 is 1.33 bits per heavy atom. The van der Waals surface area contributed by atoms with Crippen molar-refractivity contribution in [3.05, 3.63) is 18.0 Å². The number of nitrogens with zero attached hydrogens (tertiary/aromatic N) is 1. The Bertz CT molecular complexity index is 538. The van der Waals surface area contributed by atoms with Gasteiger partial charge in [0.2, 0.25) is 10.0 Å². The highest BCUT2D eigenvalue weighted by Gasteiger charge is 2.19. The number of nitrogens with one attached hydrogen (secondary N) is 2. The molecule has 1 aromatic rings. The van der Waals surface area contributed by atoms with Gasteiger partial charge in [-0.1, -0.05) is 6.92 Å². The Balaban J connectivity index is 2.90. The summed E-state index contributed by atoms with van der Waals surface area (Å²) in [5.74, 6) is 0.133. The summed E-state index contributed by atoms with van der Waals surface area (Å²) in [4.78, 5) is 0.311. The Morgan fingerprint density at radius 2 is 2.00 bits per heavy atom. The molecule has 0 spiro atoms. The van der Waals surface area contributed by atoms with E-state index in [4.69, 9.17) is 4.74 Å². The van der Waals surface area contributed by atoms with E-state index in [9.17, 15) is 8.42 Å². The molecule has 122 valence electrons. The molecular formula is C14H27N3O3S. The number of hydrogen-bond donors (Lipinski definition) is 2. The molecule has 1 aromatic heterocycles. The van der Waals surface area contributed by atoms with Crippen LogP contribution >= 0.6 is 0 Å². The highest BCUT2D eigenvalue weighted by atomic mass is 32.2. The van der Waals surface area contributed by atoms with Crippen LogP contribution in [-0.2, 0) is 21.3 Å². The lowest BCUT2D eigenvalue weighted by molar-refractivity contribution is 0.161. The molecule has 0 aliphatic heterocycles. The first-order valence-electron chi connectivity index (χ1n) is 7.15. The molecule has 0 radical (unpaired) electrons. The van der Waals surface area contributed by atoms with Crippen molar-refractivity contribution >= 4 is 10.0 Å². The van der Waals surface area contributed by atoms with Crippen LogP contribution in [0.4, 0.5) is 0 Å². The van der Waals surface area contributed by atoms with E-state index in [1.165, 1.54) is 0 Å². The van der Waals surface area contributed by atoms with Gasteiger partial charge in [0.05, 0.1) is 4.90 Å². The van der Waals surface area contributed by atoms with Gasteiger partial charge in [0.1, 0.15) is 0 Å². The minimum atomic E-state index is -3.48. The molecule has 0 aliphatic carbocycles. The van der Waals surface area contributed by atoms with Gasteiger partial charge in [-0.15, -0.1) is 0 Å². The fourth-order valence-electron chi connectivity index (χ4n) is 2.13. The van der Waals surface area contributed by atoms with Crippen LogP contribution in [-0.4, -0.2) is 40.3 Å². The molecule has 1 rings (SSSR count). The van der Waals surface area contributed by atoms with E-state index >= 15 is 0 Å². The van der Waals surface area contributed by atoms with Gasteiger partial charge in [-0.25, -0.2) is 13.1 Å². The van der Waals surface area contributed by atoms with Crippen molar-refractivity contribution in [1.29, 1.82) is 0 Å². The van der Waals surface area contributed by atoms with Crippen molar-refractivity contribution in [2.24, 2.45) is 5.92 Å². The number of ether oxygens (including phenoxy) is 1. The number of aromatic nitrogens is 1.